The van der Waals surface area contributed by atoms with Crippen LogP contribution < -0.4 is 9.47 Å². The second-order valence-corrected chi connectivity index (χ2v) is 5.39. The monoisotopic (exact) mass is 274 g/mol. The Morgan fingerprint density at radius 1 is 1.30 bits per heavy atom. The zero-order chi connectivity index (χ0) is 14.5. The van der Waals surface area contributed by atoms with E-state index in [0.29, 0.717) is 17.4 Å². The third-order valence-corrected chi connectivity index (χ3v) is 3.90. The molecule has 0 bridgehead atoms. The molecule has 1 aliphatic rings. The molecular formula is C16H22N2O2. The van der Waals surface area contributed by atoms with Gasteiger partial charge >= 0.3 is 0 Å². The maximum absolute atomic E-state index is 9.54. The Morgan fingerprint density at radius 2 is 2.05 bits per heavy atom. The highest BCUT2D eigenvalue weighted by Crippen LogP contribution is 2.33. The van der Waals surface area contributed by atoms with Gasteiger partial charge in [0.05, 0.1) is 20.3 Å². The van der Waals surface area contributed by atoms with E-state index in [4.69, 9.17) is 9.47 Å². The number of hydrogen-bond acceptors (Lipinski definition) is 4. The summed E-state index contributed by atoms with van der Waals surface area (Å²) < 4.78 is 10.6. The average molecular weight is 274 g/mol. The van der Waals surface area contributed by atoms with Crippen molar-refractivity contribution in [3.63, 3.8) is 0 Å². The lowest BCUT2D eigenvalue weighted by molar-refractivity contribution is 0.156. The predicted octanol–water partition coefficient (Wildman–Crippen LogP) is 3.00. The lowest BCUT2D eigenvalue weighted by Crippen LogP contribution is -2.36. The Hall–Kier alpha value is -1.73. The molecule has 1 heterocycles. The fraction of sp³-hybridized carbons (Fsp3) is 0.562. The summed E-state index contributed by atoms with van der Waals surface area (Å²) in [5.41, 5.74) is 0.972. The minimum Gasteiger partial charge on any atom is -0.493 e. The fourth-order valence-corrected chi connectivity index (χ4v) is 2.85. The summed E-state index contributed by atoms with van der Waals surface area (Å²) in [4.78, 5) is 2.26. The molecule has 0 N–H and O–H groups in total. The molecule has 1 aromatic carbocycles. The van der Waals surface area contributed by atoms with Crippen molar-refractivity contribution in [1.29, 1.82) is 5.26 Å². The van der Waals surface area contributed by atoms with Crippen LogP contribution in [0.1, 0.15) is 31.4 Å². The molecule has 4 heteroatoms. The Kier molecular flexibility index (Phi) is 4.86. The summed E-state index contributed by atoms with van der Waals surface area (Å²) in [5.74, 6) is 2.02. The van der Waals surface area contributed by atoms with Crippen LogP contribution in [-0.4, -0.2) is 32.2 Å². The van der Waals surface area contributed by atoms with Crippen molar-refractivity contribution >= 4 is 0 Å². The fourth-order valence-electron chi connectivity index (χ4n) is 2.85. The van der Waals surface area contributed by atoms with Gasteiger partial charge in [0.1, 0.15) is 6.04 Å². The molecule has 20 heavy (non-hydrogen) atoms. The number of rotatable bonds is 4. The van der Waals surface area contributed by atoms with Crippen molar-refractivity contribution in [2.45, 2.75) is 25.8 Å². The van der Waals surface area contributed by atoms with Gasteiger partial charge in [-0.05, 0) is 43.0 Å². The molecule has 1 fully saturated rings. The molecule has 2 atom stereocenters. The molecule has 4 nitrogen and oxygen atoms in total. The normalized spacial score (nSPS) is 21.0. The predicted molar refractivity (Wildman–Crippen MR) is 77.9 cm³/mol. The van der Waals surface area contributed by atoms with Crippen LogP contribution in [0.25, 0.3) is 0 Å². The van der Waals surface area contributed by atoms with Crippen LogP contribution in [0.2, 0.25) is 0 Å². The van der Waals surface area contributed by atoms with Crippen LogP contribution in [0.5, 0.6) is 11.5 Å². The maximum Gasteiger partial charge on any atom is 0.161 e. The minimum absolute atomic E-state index is 0.211. The average Bonchev–Trinajstić information content (AvgIpc) is 2.48. The topological polar surface area (TPSA) is 45.5 Å². The molecule has 2 unspecified atom stereocenters. The minimum atomic E-state index is -0.211. The third-order valence-electron chi connectivity index (χ3n) is 3.90. The van der Waals surface area contributed by atoms with Gasteiger partial charge in [0, 0.05) is 6.54 Å². The van der Waals surface area contributed by atoms with E-state index in [1.807, 2.05) is 18.2 Å². The Labute approximate surface area is 120 Å². The molecule has 0 aromatic heterocycles. The van der Waals surface area contributed by atoms with Crippen LogP contribution in [0.15, 0.2) is 18.2 Å². The zero-order valence-corrected chi connectivity index (χ0v) is 12.4. The summed E-state index contributed by atoms with van der Waals surface area (Å²) in [7, 11) is 3.23. The third kappa shape index (κ3) is 3.05. The first kappa shape index (κ1) is 14.7. The second-order valence-electron chi connectivity index (χ2n) is 5.39. The number of piperidine rings is 1. The molecule has 2 rings (SSSR count). The second kappa shape index (κ2) is 6.62. The van der Waals surface area contributed by atoms with E-state index in [9.17, 15) is 5.26 Å². The highest BCUT2D eigenvalue weighted by molar-refractivity contribution is 5.44. The molecule has 0 aliphatic carbocycles. The van der Waals surface area contributed by atoms with Crippen LogP contribution >= 0.6 is 0 Å². The van der Waals surface area contributed by atoms with Gasteiger partial charge in [-0.2, -0.15) is 5.26 Å². The van der Waals surface area contributed by atoms with E-state index < -0.39 is 0 Å². The lowest BCUT2D eigenvalue weighted by Gasteiger charge is -2.34. The molecule has 1 aliphatic heterocycles. The van der Waals surface area contributed by atoms with Crippen molar-refractivity contribution in [1.82, 2.24) is 4.90 Å². The van der Waals surface area contributed by atoms with Crippen molar-refractivity contribution in [3.05, 3.63) is 23.8 Å². The van der Waals surface area contributed by atoms with Gasteiger partial charge in [-0.25, -0.2) is 0 Å². The summed E-state index contributed by atoms with van der Waals surface area (Å²) in [6.45, 7) is 4.21. The number of hydrogen-bond donors (Lipinski definition) is 0. The van der Waals surface area contributed by atoms with Crippen molar-refractivity contribution in [2.75, 3.05) is 27.3 Å². The molecule has 108 valence electrons. The number of ether oxygens (including phenoxy) is 2. The Morgan fingerprint density at radius 3 is 2.65 bits per heavy atom. The van der Waals surface area contributed by atoms with Gasteiger partial charge < -0.3 is 9.47 Å². The molecule has 0 saturated carbocycles. The molecule has 0 amide bonds. The van der Waals surface area contributed by atoms with E-state index in [-0.39, 0.29) is 6.04 Å². The highest BCUT2D eigenvalue weighted by Gasteiger charge is 2.25. The standard InChI is InChI=1S/C16H22N2O2/c1-12-5-4-8-18(11-12)14(10-17)13-6-7-15(19-2)16(9-13)20-3/h6-7,9,12,14H,4-5,8,11H2,1-3H3. The van der Waals surface area contributed by atoms with Crippen LogP contribution in [-0.2, 0) is 0 Å². The summed E-state index contributed by atoms with van der Waals surface area (Å²) in [6, 6.07) is 7.94. The van der Waals surface area contributed by atoms with E-state index in [1.165, 1.54) is 6.42 Å². The first-order valence-corrected chi connectivity index (χ1v) is 7.05. The molecule has 0 radical (unpaired) electrons. The summed E-state index contributed by atoms with van der Waals surface area (Å²) in [6.07, 6.45) is 2.41. The first-order chi connectivity index (χ1) is 9.69. The molecule has 1 aromatic rings. The van der Waals surface area contributed by atoms with Crippen LogP contribution in [0.4, 0.5) is 0 Å². The number of methoxy groups -OCH3 is 2. The van der Waals surface area contributed by atoms with Crippen molar-refractivity contribution in [2.24, 2.45) is 5.92 Å². The Bertz CT molecular complexity index is 496. The highest BCUT2D eigenvalue weighted by atomic mass is 16.5. The first-order valence-electron chi connectivity index (χ1n) is 7.05. The smallest absolute Gasteiger partial charge is 0.161 e. The maximum atomic E-state index is 9.54. The van der Waals surface area contributed by atoms with E-state index >= 15 is 0 Å². The van der Waals surface area contributed by atoms with E-state index in [2.05, 4.69) is 17.9 Å². The number of likely N-dealkylation sites (tertiary alicyclic amines) is 1. The van der Waals surface area contributed by atoms with Crippen molar-refractivity contribution < 1.29 is 9.47 Å². The van der Waals surface area contributed by atoms with Crippen LogP contribution in [0, 0.1) is 17.2 Å². The van der Waals surface area contributed by atoms with Gasteiger partial charge in [-0.15, -0.1) is 0 Å². The number of nitrogens with zero attached hydrogens (tertiary/aromatic N) is 2. The Balaban J connectivity index is 2.25. The van der Waals surface area contributed by atoms with Gasteiger partial charge in [0.2, 0.25) is 0 Å². The molecule has 1 saturated heterocycles. The molecular weight excluding hydrogens is 252 g/mol. The lowest BCUT2D eigenvalue weighted by atomic mass is 9.96. The number of nitriles is 1. The van der Waals surface area contributed by atoms with Crippen molar-refractivity contribution in [3.8, 4) is 17.6 Å². The van der Waals surface area contributed by atoms with Gasteiger partial charge in [0.25, 0.3) is 0 Å². The van der Waals surface area contributed by atoms with Crippen LogP contribution in [0.3, 0.4) is 0 Å². The number of benzene rings is 1. The SMILES string of the molecule is COc1ccc(C(C#N)N2CCCC(C)C2)cc1OC. The zero-order valence-electron chi connectivity index (χ0n) is 12.4. The van der Waals surface area contributed by atoms with Gasteiger partial charge in [-0.1, -0.05) is 13.0 Å². The van der Waals surface area contributed by atoms with Gasteiger partial charge in [0.15, 0.2) is 11.5 Å². The van der Waals surface area contributed by atoms with E-state index in [1.54, 1.807) is 14.2 Å². The largest absolute Gasteiger partial charge is 0.493 e. The molecule has 0 spiro atoms. The van der Waals surface area contributed by atoms with E-state index in [0.717, 1.165) is 25.1 Å². The summed E-state index contributed by atoms with van der Waals surface area (Å²) >= 11 is 0. The summed E-state index contributed by atoms with van der Waals surface area (Å²) in [5, 5.41) is 9.54. The quantitative estimate of drug-likeness (QED) is 0.846. The van der Waals surface area contributed by atoms with Gasteiger partial charge in [-0.3, -0.25) is 4.90 Å².